The molecule has 0 aliphatic heterocycles. The second kappa shape index (κ2) is 5.27. The van der Waals surface area contributed by atoms with Crippen LogP contribution in [0.1, 0.15) is 12.5 Å². The van der Waals surface area contributed by atoms with Crippen molar-refractivity contribution in [2.24, 2.45) is 0 Å². The van der Waals surface area contributed by atoms with E-state index in [0.29, 0.717) is 5.57 Å². The third kappa shape index (κ3) is 3.43. The highest BCUT2D eigenvalue weighted by Gasteiger charge is 2.07. The summed E-state index contributed by atoms with van der Waals surface area (Å²) in [7, 11) is 0. The molecule has 0 saturated heterocycles. The third-order valence-corrected chi connectivity index (χ3v) is 3.51. The maximum atomic E-state index is 10.7. The van der Waals surface area contributed by atoms with Gasteiger partial charge in [0.05, 0.1) is 0 Å². The molecule has 5 heteroatoms. The number of rotatable bonds is 2. The molecule has 0 aromatic heterocycles. The average molecular weight is 399 g/mol. The Balaban J connectivity index is 3.27. The van der Waals surface area contributed by atoms with Gasteiger partial charge in [-0.3, -0.25) is 0 Å². The van der Waals surface area contributed by atoms with E-state index in [9.17, 15) is 4.79 Å². The summed E-state index contributed by atoms with van der Waals surface area (Å²) < 4.78 is 2.60. The molecule has 0 amide bonds. The van der Waals surface area contributed by atoms with Crippen LogP contribution in [0.5, 0.6) is 0 Å². The molecule has 0 bridgehead atoms. The first-order chi connectivity index (χ1) is 6.91. The van der Waals surface area contributed by atoms with Crippen molar-refractivity contribution in [1.82, 2.24) is 0 Å². The molecule has 15 heavy (non-hydrogen) atoms. The van der Waals surface area contributed by atoms with Crippen LogP contribution < -0.4 is 0 Å². The van der Waals surface area contributed by atoms with Crippen LogP contribution in [0.15, 0.2) is 31.1 Å². The van der Waals surface area contributed by atoms with Gasteiger partial charge in [0.25, 0.3) is 0 Å². The molecule has 1 aromatic carbocycles. The molecule has 2 nitrogen and oxygen atoms in total. The minimum atomic E-state index is -0.920. The Labute approximate surface area is 113 Å². The van der Waals surface area contributed by atoms with Gasteiger partial charge < -0.3 is 5.11 Å². The van der Waals surface area contributed by atoms with Crippen molar-refractivity contribution in [2.45, 2.75) is 6.92 Å². The molecule has 0 spiro atoms. The molecule has 0 aliphatic rings. The van der Waals surface area contributed by atoms with Gasteiger partial charge in [-0.1, -0.05) is 47.8 Å². The van der Waals surface area contributed by atoms with Crippen molar-refractivity contribution < 1.29 is 9.90 Å². The number of halogens is 3. The topological polar surface area (TPSA) is 37.3 Å². The van der Waals surface area contributed by atoms with Crippen molar-refractivity contribution in [3.05, 3.63) is 36.7 Å². The predicted molar refractivity (Wildman–Crippen MR) is 70.8 cm³/mol. The van der Waals surface area contributed by atoms with E-state index < -0.39 is 5.97 Å². The SMILES string of the molecule is C/C(=C/c1c(Br)cc(Br)cc1Br)C(=O)O. The van der Waals surface area contributed by atoms with E-state index in [4.69, 9.17) is 5.11 Å². The van der Waals surface area contributed by atoms with Crippen LogP contribution in [0, 0.1) is 0 Å². The standard InChI is InChI=1S/C10H7Br3O2/c1-5(10(14)15)2-7-8(12)3-6(11)4-9(7)13/h2-4H,1H3,(H,14,15)/b5-2-. The molecule has 80 valence electrons. The van der Waals surface area contributed by atoms with E-state index in [1.807, 2.05) is 12.1 Å². The molecule has 0 fully saturated rings. The average Bonchev–Trinajstić information content (AvgIpc) is 2.10. The summed E-state index contributed by atoms with van der Waals surface area (Å²) >= 11 is 10.1. The Morgan fingerprint density at radius 2 is 1.73 bits per heavy atom. The fourth-order valence-electron chi connectivity index (χ4n) is 0.970. The fourth-order valence-corrected chi connectivity index (χ4v) is 3.46. The van der Waals surface area contributed by atoms with Crippen LogP contribution >= 0.6 is 47.8 Å². The molecular weight excluding hydrogens is 392 g/mol. The number of carboxylic acid groups (broad SMARTS) is 1. The summed E-state index contributed by atoms with van der Waals surface area (Å²) in [5.41, 5.74) is 1.11. The monoisotopic (exact) mass is 396 g/mol. The number of carboxylic acids is 1. The summed E-state index contributed by atoms with van der Waals surface area (Å²) in [5, 5.41) is 8.77. The largest absolute Gasteiger partial charge is 0.478 e. The van der Waals surface area contributed by atoms with Crippen molar-refractivity contribution in [3.8, 4) is 0 Å². The first kappa shape index (κ1) is 12.9. The van der Waals surface area contributed by atoms with Gasteiger partial charge >= 0.3 is 5.97 Å². The smallest absolute Gasteiger partial charge is 0.331 e. The van der Waals surface area contributed by atoms with E-state index in [0.717, 1.165) is 19.0 Å². The molecule has 0 aliphatic carbocycles. The van der Waals surface area contributed by atoms with Crippen molar-refractivity contribution in [3.63, 3.8) is 0 Å². The third-order valence-electron chi connectivity index (χ3n) is 1.74. The molecule has 0 atom stereocenters. The first-order valence-corrected chi connectivity index (χ1v) is 6.36. The van der Waals surface area contributed by atoms with Gasteiger partial charge in [-0.25, -0.2) is 4.79 Å². The molecule has 1 rings (SSSR count). The normalized spacial score (nSPS) is 11.6. The lowest BCUT2D eigenvalue weighted by molar-refractivity contribution is -0.132. The van der Waals surface area contributed by atoms with Gasteiger partial charge in [-0.05, 0) is 25.1 Å². The Morgan fingerprint density at radius 1 is 1.27 bits per heavy atom. The second-order valence-electron chi connectivity index (χ2n) is 2.92. The molecular formula is C10H7Br3O2. The quantitative estimate of drug-likeness (QED) is 0.747. The molecule has 1 N–H and O–H groups in total. The Hall–Kier alpha value is -0.130. The van der Waals surface area contributed by atoms with Crippen molar-refractivity contribution in [1.29, 1.82) is 0 Å². The first-order valence-electron chi connectivity index (χ1n) is 3.98. The number of aliphatic carboxylic acids is 1. The summed E-state index contributed by atoms with van der Waals surface area (Å²) in [5.74, 6) is -0.920. The molecule has 1 aromatic rings. The van der Waals surface area contributed by atoms with Gasteiger partial charge in [0.15, 0.2) is 0 Å². The molecule has 0 saturated carbocycles. The zero-order valence-electron chi connectivity index (χ0n) is 7.72. The zero-order chi connectivity index (χ0) is 11.6. The Bertz CT molecular complexity index is 415. The van der Waals surface area contributed by atoms with Crippen LogP contribution in [-0.2, 0) is 4.79 Å². The van der Waals surface area contributed by atoms with Crippen molar-refractivity contribution >= 4 is 59.8 Å². The minimum Gasteiger partial charge on any atom is -0.478 e. The number of benzene rings is 1. The minimum absolute atomic E-state index is 0.290. The number of carbonyl (C=O) groups is 1. The van der Waals surface area contributed by atoms with E-state index in [-0.39, 0.29) is 0 Å². The van der Waals surface area contributed by atoms with E-state index in [2.05, 4.69) is 47.8 Å². The van der Waals surface area contributed by atoms with Crippen LogP contribution in [0.4, 0.5) is 0 Å². The molecule has 0 heterocycles. The van der Waals surface area contributed by atoms with Crippen LogP contribution in [-0.4, -0.2) is 11.1 Å². The summed E-state index contributed by atoms with van der Waals surface area (Å²) in [6, 6.07) is 3.73. The van der Waals surface area contributed by atoms with E-state index >= 15 is 0 Å². The highest BCUT2D eigenvalue weighted by Crippen LogP contribution is 2.31. The zero-order valence-corrected chi connectivity index (χ0v) is 12.5. The second-order valence-corrected chi connectivity index (χ2v) is 5.54. The molecule has 0 radical (unpaired) electrons. The maximum absolute atomic E-state index is 10.7. The van der Waals surface area contributed by atoms with E-state index in [1.165, 1.54) is 0 Å². The highest BCUT2D eigenvalue weighted by atomic mass is 79.9. The highest BCUT2D eigenvalue weighted by molar-refractivity contribution is 9.11. The van der Waals surface area contributed by atoms with Gasteiger partial charge in [-0.15, -0.1) is 0 Å². The molecule has 0 unspecified atom stereocenters. The lowest BCUT2D eigenvalue weighted by Crippen LogP contribution is -1.96. The van der Waals surface area contributed by atoms with Crippen LogP contribution in [0.3, 0.4) is 0 Å². The van der Waals surface area contributed by atoms with Gasteiger partial charge in [0.1, 0.15) is 0 Å². The summed E-state index contributed by atoms with van der Waals surface area (Å²) in [6.07, 6.45) is 1.61. The fraction of sp³-hybridized carbons (Fsp3) is 0.100. The Morgan fingerprint density at radius 3 is 2.13 bits per heavy atom. The van der Waals surface area contributed by atoms with Crippen LogP contribution in [0.25, 0.3) is 6.08 Å². The van der Waals surface area contributed by atoms with Gasteiger partial charge in [0, 0.05) is 24.6 Å². The van der Waals surface area contributed by atoms with E-state index in [1.54, 1.807) is 13.0 Å². The Kier molecular flexibility index (Phi) is 4.55. The summed E-state index contributed by atoms with van der Waals surface area (Å²) in [6.45, 7) is 1.56. The van der Waals surface area contributed by atoms with Gasteiger partial charge in [-0.2, -0.15) is 0 Å². The maximum Gasteiger partial charge on any atom is 0.331 e. The van der Waals surface area contributed by atoms with Gasteiger partial charge in [0.2, 0.25) is 0 Å². The van der Waals surface area contributed by atoms with Crippen LogP contribution in [0.2, 0.25) is 0 Å². The lowest BCUT2D eigenvalue weighted by Gasteiger charge is -2.04. The number of hydrogen-bond acceptors (Lipinski definition) is 1. The summed E-state index contributed by atoms with van der Waals surface area (Å²) in [4.78, 5) is 10.7. The number of hydrogen-bond donors (Lipinski definition) is 1. The predicted octanol–water partition coefficient (Wildman–Crippen LogP) is 4.46. The van der Waals surface area contributed by atoms with Crippen molar-refractivity contribution in [2.75, 3.05) is 0 Å². The lowest BCUT2D eigenvalue weighted by atomic mass is 10.1.